The van der Waals surface area contributed by atoms with E-state index in [1.165, 1.54) is 0 Å². The number of halogens is 1. The molecule has 0 radical (unpaired) electrons. The van der Waals surface area contributed by atoms with Crippen LogP contribution in [0.5, 0.6) is 0 Å². The number of anilines is 1. The number of hydrogen-bond donors (Lipinski definition) is 2. The largest absolute Gasteiger partial charge is 0.410 e. The molecule has 2 aromatic rings. The standard InChI is InChI=1S/C15H19ClN4O4S/c1-4-9(2)12(13-19-20-15(24-13)25(3,22)23)18-14(21)17-11-7-5-6-10(16)8-11/h5-9,12H,4H2,1-3H3,(H2,17,18,21)/t9-,12+/m1/s1. The monoisotopic (exact) mass is 386 g/mol. The first kappa shape index (κ1) is 19.2. The molecule has 1 heterocycles. The van der Waals surface area contributed by atoms with Gasteiger partial charge in [-0.2, -0.15) is 0 Å². The van der Waals surface area contributed by atoms with E-state index in [0.717, 1.165) is 6.26 Å². The Kier molecular flexibility index (Phi) is 6.02. The number of sulfone groups is 1. The predicted molar refractivity (Wildman–Crippen MR) is 93.2 cm³/mol. The molecule has 1 aromatic heterocycles. The van der Waals surface area contributed by atoms with Crippen molar-refractivity contribution in [2.45, 2.75) is 31.5 Å². The van der Waals surface area contributed by atoms with Crippen molar-refractivity contribution in [3.8, 4) is 0 Å². The van der Waals surface area contributed by atoms with Gasteiger partial charge < -0.3 is 15.1 Å². The SMILES string of the molecule is CC[C@@H](C)[C@H](NC(=O)Nc1cccc(Cl)c1)c1nnc(S(C)(=O)=O)o1. The molecule has 25 heavy (non-hydrogen) atoms. The number of carbonyl (C=O) groups is 1. The fourth-order valence-corrected chi connectivity index (χ4v) is 2.67. The van der Waals surface area contributed by atoms with Gasteiger partial charge in [0.05, 0.1) is 0 Å². The molecule has 8 nitrogen and oxygen atoms in total. The number of nitrogens with zero attached hydrogens (tertiary/aromatic N) is 2. The summed E-state index contributed by atoms with van der Waals surface area (Å²) >= 11 is 5.89. The molecule has 0 aliphatic carbocycles. The van der Waals surface area contributed by atoms with Gasteiger partial charge in [0, 0.05) is 17.0 Å². The van der Waals surface area contributed by atoms with Crippen molar-refractivity contribution < 1.29 is 17.6 Å². The average Bonchev–Trinajstić information content (AvgIpc) is 3.01. The zero-order valence-electron chi connectivity index (χ0n) is 14.0. The minimum Gasteiger partial charge on any atom is -0.410 e. The predicted octanol–water partition coefficient (Wildman–Crippen LogP) is 3.04. The maximum Gasteiger partial charge on any atom is 0.335 e. The number of rotatable bonds is 6. The summed E-state index contributed by atoms with van der Waals surface area (Å²) in [6.07, 6.45) is 1.68. The van der Waals surface area contributed by atoms with E-state index in [9.17, 15) is 13.2 Å². The van der Waals surface area contributed by atoms with Crippen LogP contribution in [-0.4, -0.2) is 30.9 Å². The smallest absolute Gasteiger partial charge is 0.335 e. The summed E-state index contributed by atoms with van der Waals surface area (Å²) in [4.78, 5) is 12.3. The van der Waals surface area contributed by atoms with Crippen molar-refractivity contribution >= 4 is 33.2 Å². The van der Waals surface area contributed by atoms with E-state index >= 15 is 0 Å². The number of amides is 2. The number of benzene rings is 1. The second-order valence-corrected chi connectivity index (χ2v) is 7.98. The lowest BCUT2D eigenvalue weighted by atomic mass is 9.99. The van der Waals surface area contributed by atoms with Gasteiger partial charge in [0.2, 0.25) is 15.7 Å². The molecule has 0 aliphatic rings. The number of aromatic nitrogens is 2. The van der Waals surface area contributed by atoms with Crippen molar-refractivity contribution in [1.29, 1.82) is 0 Å². The Morgan fingerprint density at radius 1 is 1.36 bits per heavy atom. The molecular formula is C15H19ClN4O4S. The molecule has 0 saturated heterocycles. The lowest BCUT2D eigenvalue weighted by molar-refractivity contribution is 0.234. The third-order valence-electron chi connectivity index (χ3n) is 3.59. The molecule has 1 aromatic carbocycles. The maximum absolute atomic E-state index is 12.3. The Balaban J connectivity index is 2.17. The summed E-state index contributed by atoms with van der Waals surface area (Å²) in [7, 11) is -3.61. The number of nitrogens with one attached hydrogen (secondary N) is 2. The normalized spacial score (nSPS) is 13.9. The van der Waals surface area contributed by atoms with Crippen LogP contribution in [0.25, 0.3) is 0 Å². The minimum atomic E-state index is -3.61. The summed E-state index contributed by atoms with van der Waals surface area (Å²) in [6, 6.07) is 5.57. The number of carbonyl (C=O) groups excluding carboxylic acids is 1. The van der Waals surface area contributed by atoms with Gasteiger partial charge in [-0.3, -0.25) is 0 Å². The molecule has 0 aliphatic heterocycles. The van der Waals surface area contributed by atoms with E-state index in [0.29, 0.717) is 17.1 Å². The summed E-state index contributed by atoms with van der Waals surface area (Å²) in [5, 5.41) is 12.7. The van der Waals surface area contributed by atoms with Gasteiger partial charge in [0.15, 0.2) is 0 Å². The highest BCUT2D eigenvalue weighted by Crippen LogP contribution is 2.25. The average molecular weight is 387 g/mol. The van der Waals surface area contributed by atoms with Crippen LogP contribution in [0.1, 0.15) is 32.2 Å². The van der Waals surface area contributed by atoms with Gasteiger partial charge in [-0.25, -0.2) is 13.2 Å². The number of hydrogen-bond acceptors (Lipinski definition) is 6. The Hall–Kier alpha value is -2.13. The van der Waals surface area contributed by atoms with Crippen LogP contribution >= 0.6 is 11.6 Å². The Bertz CT molecular complexity index is 853. The fourth-order valence-electron chi connectivity index (χ4n) is 2.05. The second kappa shape index (κ2) is 7.83. The summed E-state index contributed by atoms with van der Waals surface area (Å²) < 4.78 is 28.2. The third-order valence-corrected chi connectivity index (χ3v) is 4.62. The van der Waals surface area contributed by atoms with Crippen LogP contribution in [0, 0.1) is 5.92 Å². The molecular weight excluding hydrogens is 368 g/mol. The molecule has 2 amide bonds. The van der Waals surface area contributed by atoms with Crippen LogP contribution in [0.15, 0.2) is 33.9 Å². The van der Waals surface area contributed by atoms with Gasteiger partial charge >= 0.3 is 11.3 Å². The van der Waals surface area contributed by atoms with Crippen molar-refractivity contribution in [1.82, 2.24) is 15.5 Å². The molecule has 2 rings (SSSR count). The Morgan fingerprint density at radius 2 is 2.08 bits per heavy atom. The molecule has 0 unspecified atom stereocenters. The molecule has 2 atom stereocenters. The first-order valence-electron chi connectivity index (χ1n) is 7.57. The molecule has 0 fully saturated rings. The summed E-state index contributed by atoms with van der Waals surface area (Å²) in [5.74, 6) is -0.0195. The fraction of sp³-hybridized carbons (Fsp3) is 0.400. The molecule has 0 spiro atoms. The van der Waals surface area contributed by atoms with E-state index < -0.39 is 27.1 Å². The zero-order chi connectivity index (χ0) is 18.6. The Morgan fingerprint density at radius 3 is 2.64 bits per heavy atom. The van der Waals surface area contributed by atoms with E-state index in [1.807, 2.05) is 13.8 Å². The van der Waals surface area contributed by atoms with Gasteiger partial charge in [-0.1, -0.05) is 43.0 Å². The lowest BCUT2D eigenvalue weighted by Gasteiger charge is -2.21. The van der Waals surface area contributed by atoms with Crippen LogP contribution in [0.4, 0.5) is 10.5 Å². The van der Waals surface area contributed by atoms with Crippen molar-refractivity contribution in [3.05, 3.63) is 35.2 Å². The zero-order valence-corrected chi connectivity index (χ0v) is 15.6. The first-order valence-corrected chi connectivity index (χ1v) is 9.84. The van der Waals surface area contributed by atoms with Crippen molar-refractivity contribution in [2.75, 3.05) is 11.6 Å². The number of urea groups is 1. The van der Waals surface area contributed by atoms with Gasteiger partial charge in [-0.15, -0.1) is 5.10 Å². The van der Waals surface area contributed by atoms with E-state index in [-0.39, 0.29) is 11.8 Å². The maximum atomic E-state index is 12.3. The molecule has 2 N–H and O–H groups in total. The van der Waals surface area contributed by atoms with Crippen molar-refractivity contribution in [2.24, 2.45) is 5.92 Å². The van der Waals surface area contributed by atoms with E-state index in [2.05, 4.69) is 20.8 Å². The van der Waals surface area contributed by atoms with Crippen LogP contribution in [0.3, 0.4) is 0 Å². The highest BCUT2D eigenvalue weighted by atomic mass is 35.5. The van der Waals surface area contributed by atoms with Crippen molar-refractivity contribution in [3.63, 3.8) is 0 Å². The molecule has 136 valence electrons. The molecule has 0 bridgehead atoms. The van der Waals surface area contributed by atoms with Gasteiger partial charge in [0.1, 0.15) is 6.04 Å². The topological polar surface area (TPSA) is 114 Å². The van der Waals surface area contributed by atoms with Crippen LogP contribution in [0.2, 0.25) is 5.02 Å². The highest BCUT2D eigenvalue weighted by Gasteiger charge is 2.28. The van der Waals surface area contributed by atoms with Crippen LogP contribution < -0.4 is 10.6 Å². The molecule has 0 saturated carbocycles. The second-order valence-electron chi connectivity index (χ2n) is 5.65. The Labute approximate surface area is 150 Å². The first-order chi connectivity index (χ1) is 11.7. The summed E-state index contributed by atoms with van der Waals surface area (Å²) in [5.41, 5.74) is 0.523. The van der Waals surface area contributed by atoms with Gasteiger partial charge in [-0.05, 0) is 24.1 Å². The lowest BCUT2D eigenvalue weighted by Crippen LogP contribution is -2.36. The van der Waals surface area contributed by atoms with Gasteiger partial charge in [0.25, 0.3) is 0 Å². The third kappa shape index (κ3) is 5.17. The minimum absolute atomic E-state index is 0.0380. The highest BCUT2D eigenvalue weighted by molar-refractivity contribution is 7.90. The summed E-state index contributed by atoms with van der Waals surface area (Å²) in [6.45, 7) is 3.82. The van der Waals surface area contributed by atoms with E-state index in [1.54, 1.807) is 24.3 Å². The molecule has 10 heteroatoms. The quantitative estimate of drug-likeness (QED) is 0.788. The van der Waals surface area contributed by atoms with E-state index in [4.69, 9.17) is 16.0 Å². The van der Waals surface area contributed by atoms with Crippen LogP contribution in [-0.2, 0) is 9.84 Å².